The highest BCUT2D eigenvalue weighted by Gasteiger charge is 2.09. The van der Waals surface area contributed by atoms with Gasteiger partial charge in [0.05, 0.1) is 0 Å². The first kappa shape index (κ1) is 12.6. The van der Waals surface area contributed by atoms with Gasteiger partial charge >= 0.3 is 0 Å². The van der Waals surface area contributed by atoms with Gasteiger partial charge in [0.15, 0.2) is 5.78 Å². The van der Waals surface area contributed by atoms with E-state index in [0.29, 0.717) is 13.0 Å². The van der Waals surface area contributed by atoms with E-state index in [2.05, 4.69) is 13.8 Å². The Hall–Kier alpha value is -0.370. The van der Waals surface area contributed by atoms with Gasteiger partial charge in [0.2, 0.25) is 0 Å². The molecule has 0 aliphatic rings. The molecule has 0 aliphatic carbocycles. The Bertz CT molecular complexity index is 141. The van der Waals surface area contributed by atoms with Crippen molar-refractivity contribution in [3.05, 3.63) is 0 Å². The van der Waals surface area contributed by atoms with Gasteiger partial charge in [-0.3, -0.25) is 4.79 Å². The minimum absolute atomic E-state index is 0.199. The molecule has 2 nitrogen and oxygen atoms in total. The molecule has 0 saturated heterocycles. The smallest absolute Gasteiger partial charge is 0.160 e. The number of ketones is 1. The number of rotatable bonds is 7. The summed E-state index contributed by atoms with van der Waals surface area (Å²) in [6, 6.07) is 0. The summed E-state index contributed by atoms with van der Waals surface area (Å²) in [5.74, 6) is 0.922. The highest BCUT2D eigenvalue weighted by Crippen LogP contribution is 2.05. The van der Waals surface area contributed by atoms with E-state index in [0.717, 1.165) is 12.3 Å². The van der Waals surface area contributed by atoms with Gasteiger partial charge < -0.3 is 4.74 Å². The first-order chi connectivity index (χ1) is 6.07. The number of hydrogen-bond acceptors (Lipinski definition) is 2. The summed E-state index contributed by atoms with van der Waals surface area (Å²) in [6.07, 6.45) is 2.59. The van der Waals surface area contributed by atoms with Crippen LogP contribution in [0.2, 0.25) is 0 Å². The van der Waals surface area contributed by atoms with Crippen LogP contribution < -0.4 is 0 Å². The van der Waals surface area contributed by atoms with Crippen molar-refractivity contribution < 1.29 is 9.53 Å². The molecule has 0 amide bonds. The Labute approximate surface area is 81.7 Å². The van der Waals surface area contributed by atoms with E-state index < -0.39 is 0 Å². The molecule has 1 atom stereocenters. The van der Waals surface area contributed by atoms with Crippen molar-refractivity contribution in [2.24, 2.45) is 5.92 Å². The standard InChI is InChI=1S/C11H22O2/c1-5-11(12)10(4)13-8-6-7-9(2)3/h9-10H,5-8H2,1-4H3. The van der Waals surface area contributed by atoms with Crippen LogP contribution in [0.5, 0.6) is 0 Å². The van der Waals surface area contributed by atoms with Crippen molar-refractivity contribution in [1.82, 2.24) is 0 Å². The quantitative estimate of drug-likeness (QED) is 0.571. The van der Waals surface area contributed by atoms with E-state index in [9.17, 15) is 4.79 Å². The molecule has 0 rings (SSSR count). The van der Waals surface area contributed by atoms with E-state index in [1.54, 1.807) is 0 Å². The predicted molar refractivity (Wildman–Crippen MR) is 54.8 cm³/mol. The van der Waals surface area contributed by atoms with Crippen LogP contribution in [0.25, 0.3) is 0 Å². The summed E-state index contributed by atoms with van der Waals surface area (Å²) < 4.78 is 5.40. The Balaban J connectivity index is 3.37. The second-order valence-corrected chi connectivity index (χ2v) is 3.87. The van der Waals surface area contributed by atoms with E-state index >= 15 is 0 Å². The Kier molecular flexibility index (Phi) is 6.87. The van der Waals surface area contributed by atoms with Gasteiger partial charge in [-0.1, -0.05) is 20.8 Å². The zero-order valence-corrected chi connectivity index (χ0v) is 9.30. The van der Waals surface area contributed by atoms with Crippen molar-refractivity contribution in [3.63, 3.8) is 0 Å². The first-order valence-corrected chi connectivity index (χ1v) is 5.22. The van der Waals surface area contributed by atoms with Crippen LogP contribution in [0.3, 0.4) is 0 Å². The van der Waals surface area contributed by atoms with Crippen LogP contribution in [0.15, 0.2) is 0 Å². The van der Waals surface area contributed by atoms with Gasteiger partial charge in [0, 0.05) is 13.0 Å². The Morgan fingerprint density at radius 1 is 1.31 bits per heavy atom. The molecule has 0 aromatic heterocycles. The van der Waals surface area contributed by atoms with Crippen LogP contribution in [0.1, 0.15) is 47.0 Å². The summed E-state index contributed by atoms with van der Waals surface area (Å²) in [6.45, 7) is 8.81. The lowest BCUT2D eigenvalue weighted by Gasteiger charge is -2.11. The number of carbonyl (C=O) groups excluding carboxylic acids is 1. The van der Waals surface area contributed by atoms with Gasteiger partial charge in [-0.25, -0.2) is 0 Å². The molecule has 0 bridgehead atoms. The fraction of sp³-hybridized carbons (Fsp3) is 0.909. The molecule has 2 heteroatoms. The summed E-state index contributed by atoms with van der Waals surface area (Å²) in [4.78, 5) is 11.1. The summed E-state index contributed by atoms with van der Waals surface area (Å²) >= 11 is 0. The topological polar surface area (TPSA) is 26.3 Å². The van der Waals surface area contributed by atoms with Crippen LogP contribution in [0.4, 0.5) is 0 Å². The van der Waals surface area contributed by atoms with E-state index in [-0.39, 0.29) is 11.9 Å². The van der Waals surface area contributed by atoms with Crippen LogP contribution in [-0.2, 0) is 9.53 Å². The molecule has 78 valence electrons. The molecule has 0 spiro atoms. The van der Waals surface area contributed by atoms with Crippen LogP contribution in [0, 0.1) is 5.92 Å². The third kappa shape index (κ3) is 6.76. The second kappa shape index (κ2) is 7.07. The van der Waals surface area contributed by atoms with Crippen molar-refractivity contribution in [3.8, 4) is 0 Å². The molecule has 0 N–H and O–H groups in total. The van der Waals surface area contributed by atoms with Crippen molar-refractivity contribution >= 4 is 5.78 Å². The minimum Gasteiger partial charge on any atom is -0.371 e. The Morgan fingerprint density at radius 3 is 2.38 bits per heavy atom. The van der Waals surface area contributed by atoms with Crippen LogP contribution in [-0.4, -0.2) is 18.5 Å². The maximum atomic E-state index is 11.1. The van der Waals surface area contributed by atoms with E-state index in [1.807, 2.05) is 13.8 Å². The normalized spacial score (nSPS) is 13.3. The molecule has 0 aromatic rings. The summed E-state index contributed by atoms with van der Waals surface area (Å²) in [7, 11) is 0. The molecule has 13 heavy (non-hydrogen) atoms. The maximum absolute atomic E-state index is 11.1. The maximum Gasteiger partial charge on any atom is 0.160 e. The van der Waals surface area contributed by atoms with E-state index in [4.69, 9.17) is 4.74 Å². The zero-order chi connectivity index (χ0) is 10.3. The average molecular weight is 186 g/mol. The summed E-state index contributed by atoms with van der Waals surface area (Å²) in [5.41, 5.74) is 0. The fourth-order valence-electron chi connectivity index (χ4n) is 1.13. The molecular formula is C11H22O2. The lowest BCUT2D eigenvalue weighted by Crippen LogP contribution is -2.20. The van der Waals surface area contributed by atoms with E-state index in [1.165, 1.54) is 6.42 Å². The van der Waals surface area contributed by atoms with Gasteiger partial charge in [0.1, 0.15) is 6.10 Å². The van der Waals surface area contributed by atoms with Crippen molar-refractivity contribution in [1.29, 1.82) is 0 Å². The van der Waals surface area contributed by atoms with Crippen molar-refractivity contribution in [2.45, 2.75) is 53.1 Å². The van der Waals surface area contributed by atoms with Gasteiger partial charge in [-0.15, -0.1) is 0 Å². The minimum atomic E-state index is -0.211. The first-order valence-electron chi connectivity index (χ1n) is 5.22. The largest absolute Gasteiger partial charge is 0.371 e. The lowest BCUT2D eigenvalue weighted by atomic mass is 10.1. The number of hydrogen-bond donors (Lipinski definition) is 0. The SMILES string of the molecule is CCC(=O)C(C)OCCCC(C)C. The second-order valence-electron chi connectivity index (χ2n) is 3.87. The average Bonchev–Trinajstić information content (AvgIpc) is 2.10. The van der Waals surface area contributed by atoms with Crippen LogP contribution >= 0.6 is 0 Å². The third-order valence-electron chi connectivity index (χ3n) is 2.10. The molecule has 0 saturated carbocycles. The van der Waals surface area contributed by atoms with Gasteiger partial charge in [0.25, 0.3) is 0 Å². The van der Waals surface area contributed by atoms with Gasteiger partial charge in [-0.2, -0.15) is 0 Å². The fourth-order valence-corrected chi connectivity index (χ4v) is 1.13. The summed E-state index contributed by atoms with van der Waals surface area (Å²) in [5, 5.41) is 0. The molecule has 1 unspecified atom stereocenters. The highest BCUT2D eigenvalue weighted by atomic mass is 16.5. The Morgan fingerprint density at radius 2 is 1.92 bits per heavy atom. The molecule has 0 radical (unpaired) electrons. The lowest BCUT2D eigenvalue weighted by molar-refractivity contribution is -0.129. The van der Waals surface area contributed by atoms with Gasteiger partial charge in [-0.05, 0) is 25.7 Å². The molecule has 0 fully saturated rings. The highest BCUT2D eigenvalue weighted by molar-refractivity contribution is 5.82. The molecular weight excluding hydrogens is 164 g/mol. The predicted octanol–water partition coefficient (Wildman–Crippen LogP) is 2.81. The zero-order valence-electron chi connectivity index (χ0n) is 9.30. The third-order valence-corrected chi connectivity index (χ3v) is 2.10. The molecule has 0 heterocycles. The number of carbonyl (C=O) groups is 1. The number of Topliss-reactive ketones (excluding diaryl/α,β-unsaturated/α-hetero) is 1. The monoisotopic (exact) mass is 186 g/mol. The van der Waals surface area contributed by atoms with Crippen molar-refractivity contribution in [2.75, 3.05) is 6.61 Å². The number of ether oxygens (including phenoxy) is 1. The molecule has 0 aromatic carbocycles. The molecule has 0 aliphatic heterocycles.